The molecule has 2 amide bonds. The van der Waals surface area contributed by atoms with Gasteiger partial charge in [-0.15, -0.1) is 0 Å². The summed E-state index contributed by atoms with van der Waals surface area (Å²) in [4.78, 5) is 13.8. The first-order valence-electron chi connectivity index (χ1n) is 6.05. The Labute approximate surface area is 115 Å². The summed E-state index contributed by atoms with van der Waals surface area (Å²) in [6.07, 6.45) is 0. The molecule has 4 nitrogen and oxygen atoms in total. The quantitative estimate of drug-likeness (QED) is 0.912. The fourth-order valence-corrected chi connectivity index (χ4v) is 2.14. The van der Waals surface area contributed by atoms with E-state index < -0.39 is 0 Å². The van der Waals surface area contributed by atoms with Crippen LogP contribution in [0.3, 0.4) is 0 Å². The van der Waals surface area contributed by atoms with E-state index in [-0.39, 0.29) is 12.1 Å². The van der Waals surface area contributed by atoms with Crippen molar-refractivity contribution >= 4 is 22.0 Å². The molecule has 0 aliphatic carbocycles. The van der Waals surface area contributed by atoms with E-state index >= 15 is 0 Å². The van der Waals surface area contributed by atoms with Gasteiger partial charge in [-0.3, -0.25) is 0 Å². The number of ether oxygens (including phenoxy) is 1. The number of hydrogen-bond acceptors (Lipinski definition) is 2. The van der Waals surface area contributed by atoms with Crippen LogP contribution < -0.4 is 5.32 Å². The first-order chi connectivity index (χ1) is 8.66. The van der Waals surface area contributed by atoms with Crippen molar-refractivity contribution in [3.8, 4) is 0 Å². The summed E-state index contributed by atoms with van der Waals surface area (Å²) in [6.45, 7) is 4.57. The number of carbonyl (C=O) groups excluding carboxylic acids is 1. The molecule has 0 spiro atoms. The molecule has 0 saturated carbocycles. The predicted molar refractivity (Wildman–Crippen MR) is 73.5 cm³/mol. The van der Waals surface area contributed by atoms with Crippen molar-refractivity contribution in [1.29, 1.82) is 0 Å². The van der Waals surface area contributed by atoms with Gasteiger partial charge in [0.2, 0.25) is 0 Å². The Morgan fingerprint density at radius 2 is 1.94 bits per heavy atom. The molecule has 1 aromatic carbocycles. The van der Waals surface area contributed by atoms with E-state index in [0.717, 1.165) is 10.0 Å². The molecular formula is C13H17BrN2O2. The maximum absolute atomic E-state index is 12.0. The molecule has 1 aliphatic heterocycles. The Balaban J connectivity index is 1.91. The summed E-state index contributed by atoms with van der Waals surface area (Å²) in [6, 6.07) is 7.96. The van der Waals surface area contributed by atoms with E-state index in [1.165, 1.54) is 0 Å². The van der Waals surface area contributed by atoms with Crippen molar-refractivity contribution in [2.24, 2.45) is 0 Å². The molecule has 0 aromatic heterocycles. The van der Waals surface area contributed by atoms with E-state index in [0.29, 0.717) is 26.3 Å². The molecule has 1 saturated heterocycles. The third-order valence-corrected chi connectivity index (χ3v) is 3.54. The van der Waals surface area contributed by atoms with Crippen LogP contribution in [-0.4, -0.2) is 37.2 Å². The third-order valence-electron chi connectivity index (χ3n) is 3.01. The van der Waals surface area contributed by atoms with Crippen LogP contribution in [0, 0.1) is 0 Å². The second-order valence-electron chi connectivity index (χ2n) is 4.32. The minimum absolute atomic E-state index is 0.00782. The van der Waals surface area contributed by atoms with E-state index in [2.05, 4.69) is 21.2 Å². The van der Waals surface area contributed by atoms with E-state index in [1.807, 2.05) is 31.2 Å². The number of nitrogens with zero attached hydrogens (tertiary/aromatic N) is 1. The topological polar surface area (TPSA) is 41.6 Å². The summed E-state index contributed by atoms with van der Waals surface area (Å²) in [7, 11) is 0. The number of benzene rings is 1. The van der Waals surface area contributed by atoms with Crippen molar-refractivity contribution in [2.45, 2.75) is 13.0 Å². The van der Waals surface area contributed by atoms with Crippen LogP contribution in [0.5, 0.6) is 0 Å². The van der Waals surface area contributed by atoms with Crippen molar-refractivity contribution in [3.05, 3.63) is 34.3 Å². The molecule has 0 radical (unpaired) electrons. The first kappa shape index (κ1) is 13.4. The number of nitrogens with one attached hydrogen (secondary N) is 1. The van der Waals surface area contributed by atoms with Gasteiger partial charge in [0.15, 0.2) is 0 Å². The number of carbonyl (C=O) groups is 1. The van der Waals surface area contributed by atoms with Crippen molar-refractivity contribution < 1.29 is 9.53 Å². The molecule has 1 fully saturated rings. The lowest BCUT2D eigenvalue weighted by molar-refractivity contribution is 0.0526. The van der Waals surface area contributed by atoms with Crippen LogP contribution in [-0.2, 0) is 4.74 Å². The zero-order valence-corrected chi connectivity index (χ0v) is 11.9. The highest BCUT2D eigenvalue weighted by Crippen LogP contribution is 2.16. The molecule has 1 aliphatic rings. The van der Waals surface area contributed by atoms with Gasteiger partial charge < -0.3 is 15.0 Å². The monoisotopic (exact) mass is 312 g/mol. The van der Waals surface area contributed by atoms with Crippen LogP contribution in [0.2, 0.25) is 0 Å². The molecular weight excluding hydrogens is 296 g/mol. The van der Waals surface area contributed by atoms with Gasteiger partial charge in [0.05, 0.1) is 19.3 Å². The Kier molecular flexibility index (Phi) is 4.60. The van der Waals surface area contributed by atoms with Gasteiger partial charge in [0.25, 0.3) is 0 Å². The zero-order valence-electron chi connectivity index (χ0n) is 10.4. The van der Waals surface area contributed by atoms with Gasteiger partial charge in [0.1, 0.15) is 0 Å². The Hall–Kier alpha value is -1.07. The highest BCUT2D eigenvalue weighted by atomic mass is 79.9. The lowest BCUT2D eigenvalue weighted by Crippen LogP contribution is -2.46. The van der Waals surface area contributed by atoms with Crippen LogP contribution in [0.25, 0.3) is 0 Å². The van der Waals surface area contributed by atoms with Crippen molar-refractivity contribution in [1.82, 2.24) is 10.2 Å². The van der Waals surface area contributed by atoms with E-state index in [4.69, 9.17) is 4.74 Å². The summed E-state index contributed by atoms with van der Waals surface area (Å²) in [5.74, 6) is 0. The largest absolute Gasteiger partial charge is 0.378 e. The number of rotatable bonds is 2. The number of morpholine rings is 1. The van der Waals surface area contributed by atoms with Gasteiger partial charge in [-0.1, -0.05) is 28.1 Å². The SMILES string of the molecule is C[C@@H](NC(=O)N1CCOCC1)c1ccc(Br)cc1. The fraction of sp³-hybridized carbons (Fsp3) is 0.462. The standard InChI is InChI=1S/C13H17BrN2O2/c1-10(11-2-4-12(14)5-3-11)15-13(17)16-6-8-18-9-7-16/h2-5,10H,6-9H2,1H3,(H,15,17)/t10-/m1/s1. The second-order valence-corrected chi connectivity index (χ2v) is 5.24. The molecule has 1 aromatic rings. The molecule has 0 bridgehead atoms. The van der Waals surface area contributed by atoms with Gasteiger partial charge >= 0.3 is 6.03 Å². The van der Waals surface area contributed by atoms with Crippen LogP contribution in [0.1, 0.15) is 18.5 Å². The van der Waals surface area contributed by atoms with Crippen LogP contribution in [0.15, 0.2) is 28.7 Å². The smallest absolute Gasteiger partial charge is 0.318 e. The summed E-state index contributed by atoms with van der Waals surface area (Å²) < 4.78 is 6.27. The molecule has 0 unspecified atom stereocenters. The highest BCUT2D eigenvalue weighted by Gasteiger charge is 2.18. The lowest BCUT2D eigenvalue weighted by Gasteiger charge is -2.28. The van der Waals surface area contributed by atoms with Crippen molar-refractivity contribution in [3.63, 3.8) is 0 Å². The number of amides is 2. The third kappa shape index (κ3) is 3.46. The average Bonchev–Trinajstić information content (AvgIpc) is 2.40. The predicted octanol–water partition coefficient (Wildman–Crippen LogP) is 2.55. The highest BCUT2D eigenvalue weighted by molar-refractivity contribution is 9.10. The summed E-state index contributed by atoms with van der Waals surface area (Å²) in [5, 5.41) is 3.00. The molecule has 1 heterocycles. The second kappa shape index (κ2) is 6.20. The molecule has 18 heavy (non-hydrogen) atoms. The zero-order chi connectivity index (χ0) is 13.0. The van der Waals surface area contributed by atoms with E-state index in [1.54, 1.807) is 4.90 Å². The molecule has 5 heteroatoms. The Bertz CT molecular complexity index is 402. The lowest BCUT2D eigenvalue weighted by atomic mass is 10.1. The summed E-state index contributed by atoms with van der Waals surface area (Å²) >= 11 is 3.40. The normalized spacial score (nSPS) is 17.3. The molecule has 1 atom stereocenters. The Morgan fingerprint density at radius 1 is 1.33 bits per heavy atom. The van der Waals surface area contributed by atoms with Crippen molar-refractivity contribution in [2.75, 3.05) is 26.3 Å². The fourth-order valence-electron chi connectivity index (χ4n) is 1.88. The van der Waals surface area contributed by atoms with Crippen LogP contribution in [0.4, 0.5) is 4.79 Å². The van der Waals surface area contributed by atoms with Gasteiger partial charge in [0, 0.05) is 17.6 Å². The molecule has 1 N–H and O–H groups in total. The number of halogens is 1. The average molecular weight is 313 g/mol. The summed E-state index contributed by atoms with van der Waals surface area (Å²) in [5.41, 5.74) is 1.10. The van der Waals surface area contributed by atoms with Gasteiger partial charge in [-0.25, -0.2) is 4.79 Å². The first-order valence-corrected chi connectivity index (χ1v) is 6.85. The van der Waals surface area contributed by atoms with Gasteiger partial charge in [-0.2, -0.15) is 0 Å². The minimum atomic E-state index is -0.0197. The van der Waals surface area contributed by atoms with E-state index in [9.17, 15) is 4.79 Å². The maximum Gasteiger partial charge on any atom is 0.318 e. The molecule has 98 valence electrons. The minimum Gasteiger partial charge on any atom is -0.378 e. The van der Waals surface area contributed by atoms with Gasteiger partial charge in [-0.05, 0) is 24.6 Å². The Morgan fingerprint density at radius 3 is 2.56 bits per heavy atom. The maximum atomic E-state index is 12.0. The number of hydrogen-bond donors (Lipinski definition) is 1. The van der Waals surface area contributed by atoms with Crippen LogP contribution >= 0.6 is 15.9 Å². The molecule has 2 rings (SSSR count). The number of urea groups is 1.